The van der Waals surface area contributed by atoms with Gasteiger partial charge in [0.15, 0.2) is 6.10 Å². The van der Waals surface area contributed by atoms with E-state index in [0.29, 0.717) is 25.5 Å². The molecule has 0 unspecified atom stereocenters. The summed E-state index contributed by atoms with van der Waals surface area (Å²) in [4.78, 5) is 30.5. The highest BCUT2D eigenvalue weighted by Gasteiger charge is 2.32. The number of amides is 1. The minimum Gasteiger partial charge on any atom is -0.378 e. The number of hydrogen-bond acceptors (Lipinski definition) is 7. The van der Waals surface area contributed by atoms with Crippen LogP contribution in [0.2, 0.25) is 0 Å². The molecule has 23 heavy (non-hydrogen) atoms. The third-order valence-electron chi connectivity index (χ3n) is 4.17. The highest BCUT2D eigenvalue weighted by molar-refractivity contribution is 5.82. The summed E-state index contributed by atoms with van der Waals surface area (Å²) in [5.41, 5.74) is 5.42. The molecule has 2 N–H and O–H groups in total. The molecule has 9 nitrogen and oxygen atoms in total. The maximum absolute atomic E-state index is 12.4. The maximum Gasteiger partial charge on any atom is 0.311 e. The summed E-state index contributed by atoms with van der Waals surface area (Å²) in [5.74, 6) is 0.402. The van der Waals surface area contributed by atoms with Crippen LogP contribution in [-0.4, -0.2) is 59.6 Å². The molecule has 2 fully saturated rings. The Morgan fingerprint density at radius 1 is 1.35 bits per heavy atom. The average Bonchev–Trinajstić information content (AvgIpc) is 3.08. The van der Waals surface area contributed by atoms with Crippen LogP contribution < -0.4 is 10.6 Å². The van der Waals surface area contributed by atoms with Crippen molar-refractivity contribution in [3.8, 4) is 0 Å². The summed E-state index contributed by atoms with van der Waals surface area (Å²) in [6.07, 6.45) is 1.53. The van der Waals surface area contributed by atoms with E-state index < -0.39 is 11.0 Å². The van der Waals surface area contributed by atoms with Crippen LogP contribution in [0.3, 0.4) is 0 Å². The molecule has 3 heterocycles. The second kappa shape index (κ2) is 6.37. The topological polar surface area (TPSA) is 115 Å². The van der Waals surface area contributed by atoms with E-state index in [4.69, 9.17) is 10.5 Å². The van der Waals surface area contributed by atoms with E-state index in [-0.39, 0.29) is 17.4 Å². The smallest absolute Gasteiger partial charge is 0.311 e. The quantitative estimate of drug-likeness (QED) is 0.633. The van der Waals surface area contributed by atoms with Gasteiger partial charge >= 0.3 is 5.69 Å². The zero-order chi connectivity index (χ0) is 16.4. The van der Waals surface area contributed by atoms with Crippen LogP contribution in [0.15, 0.2) is 12.1 Å². The normalized spacial score (nSPS) is 21.5. The summed E-state index contributed by atoms with van der Waals surface area (Å²) < 4.78 is 5.60. The zero-order valence-electron chi connectivity index (χ0n) is 12.7. The van der Waals surface area contributed by atoms with Crippen molar-refractivity contribution in [1.29, 1.82) is 0 Å². The molecule has 1 aromatic heterocycles. The van der Waals surface area contributed by atoms with Crippen molar-refractivity contribution >= 4 is 23.2 Å². The standard InChI is InChI=1S/C14H19N5O4/c15-13-10(19(21)22)3-4-12(16-13)18-7-8-23-11(9-18)14(20)17-5-1-2-6-17/h3-4,11H,1-2,5-9H2,(H2,15,16)/t11-/m1/s1. The lowest BCUT2D eigenvalue weighted by atomic mass is 10.2. The summed E-state index contributed by atoms with van der Waals surface area (Å²) in [5, 5.41) is 10.8. The van der Waals surface area contributed by atoms with Gasteiger partial charge in [-0.3, -0.25) is 14.9 Å². The molecule has 1 atom stereocenters. The molecule has 0 bridgehead atoms. The number of ether oxygens (including phenoxy) is 1. The molecule has 1 aromatic rings. The van der Waals surface area contributed by atoms with E-state index in [9.17, 15) is 14.9 Å². The molecular weight excluding hydrogens is 302 g/mol. The first-order valence-corrected chi connectivity index (χ1v) is 7.62. The predicted molar refractivity (Wildman–Crippen MR) is 83.1 cm³/mol. The van der Waals surface area contributed by atoms with Gasteiger partial charge < -0.3 is 20.3 Å². The Labute approximate surface area is 133 Å². The van der Waals surface area contributed by atoms with Crippen molar-refractivity contribution in [2.24, 2.45) is 0 Å². The third kappa shape index (κ3) is 3.19. The molecule has 124 valence electrons. The minimum atomic E-state index is -0.564. The minimum absolute atomic E-state index is 0.00193. The molecule has 1 amide bonds. The average molecular weight is 321 g/mol. The summed E-state index contributed by atoms with van der Waals surface area (Å²) in [6.45, 7) is 2.90. The van der Waals surface area contributed by atoms with Crippen molar-refractivity contribution < 1.29 is 14.5 Å². The van der Waals surface area contributed by atoms with Crippen LogP contribution >= 0.6 is 0 Å². The number of carbonyl (C=O) groups excluding carboxylic acids is 1. The lowest BCUT2D eigenvalue weighted by molar-refractivity contribution is -0.384. The van der Waals surface area contributed by atoms with Crippen LogP contribution in [0, 0.1) is 10.1 Å². The van der Waals surface area contributed by atoms with Gasteiger partial charge in [-0.15, -0.1) is 0 Å². The highest BCUT2D eigenvalue weighted by Crippen LogP contribution is 2.24. The molecule has 0 radical (unpaired) electrons. The van der Waals surface area contributed by atoms with Crippen LogP contribution in [0.1, 0.15) is 12.8 Å². The molecule has 0 aliphatic carbocycles. The first kappa shape index (κ1) is 15.5. The van der Waals surface area contributed by atoms with E-state index >= 15 is 0 Å². The number of pyridine rings is 1. The molecule has 0 spiro atoms. The number of rotatable bonds is 3. The van der Waals surface area contributed by atoms with E-state index in [1.807, 2.05) is 9.80 Å². The number of nitrogens with zero attached hydrogens (tertiary/aromatic N) is 4. The van der Waals surface area contributed by atoms with E-state index in [2.05, 4.69) is 4.98 Å². The Kier molecular flexibility index (Phi) is 4.28. The molecule has 2 aliphatic heterocycles. The van der Waals surface area contributed by atoms with E-state index in [0.717, 1.165) is 25.9 Å². The van der Waals surface area contributed by atoms with Gasteiger partial charge in [0.2, 0.25) is 5.82 Å². The first-order valence-electron chi connectivity index (χ1n) is 7.62. The second-order valence-corrected chi connectivity index (χ2v) is 5.67. The monoisotopic (exact) mass is 321 g/mol. The fraction of sp³-hybridized carbons (Fsp3) is 0.571. The van der Waals surface area contributed by atoms with Crippen LogP contribution in [0.5, 0.6) is 0 Å². The van der Waals surface area contributed by atoms with Gasteiger partial charge in [-0.2, -0.15) is 0 Å². The first-order chi connectivity index (χ1) is 11.1. The summed E-state index contributed by atoms with van der Waals surface area (Å²) >= 11 is 0. The van der Waals surface area contributed by atoms with E-state index in [1.165, 1.54) is 6.07 Å². The molecule has 3 rings (SSSR count). The van der Waals surface area contributed by atoms with Crippen molar-refractivity contribution in [1.82, 2.24) is 9.88 Å². The van der Waals surface area contributed by atoms with Gasteiger partial charge in [0.1, 0.15) is 5.82 Å². The maximum atomic E-state index is 12.4. The molecular formula is C14H19N5O4. The molecule has 2 saturated heterocycles. The van der Waals surface area contributed by atoms with Crippen molar-refractivity contribution in [3.63, 3.8) is 0 Å². The third-order valence-corrected chi connectivity index (χ3v) is 4.17. The summed E-state index contributed by atoms with van der Waals surface area (Å²) in [7, 11) is 0. The Balaban J connectivity index is 1.72. The number of nitro groups is 1. The molecule has 0 saturated carbocycles. The van der Waals surface area contributed by atoms with Gasteiger partial charge in [-0.05, 0) is 18.9 Å². The number of nitrogen functional groups attached to an aromatic ring is 1. The number of carbonyl (C=O) groups is 1. The van der Waals surface area contributed by atoms with Gasteiger partial charge in [0.25, 0.3) is 5.91 Å². The zero-order valence-corrected chi connectivity index (χ0v) is 12.7. The molecule has 0 aromatic carbocycles. The second-order valence-electron chi connectivity index (χ2n) is 5.67. The fourth-order valence-corrected chi connectivity index (χ4v) is 2.94. The van der Waals surface area contributed by atoms with E-state index in [1.54, 1.807) is 6.07 Å². The Hall–Kier alpha value is -2.42. The lowest BCUT2D eigenvalue weighted by Crippen LogP contribution is -2.50. The largest absolute Gasteiger partial charge is 0.378 e. The number of morpholine rings is 1. The van der Waals surface area contributed by atoms with Gasteiger partial charge in [0, 0.05) is 25.7 Å². The van der Waals surface area contributed by atoms with Crippen LogP contribution in [-0.2, 0) is 9.53 Å². The number of likely N-dealkylation sites (tertiary alicyclic amines) is 1. The van der Waals surface area contributed by atoms with Gasteiger partial charge in [-0.1, -0.05) is 0 Å². The Morgan fingerprint density at radius 3 is 2.74 bits per heavy atom. The number of nitrogens with two attached hydrogens (primary N) is 1. The number of hydrogen-bond donors (Lipinski definition) is 1. The van der Waals surface area contributed by atoms with Gasteiger partial charge in [0.05, 0.1) is 18.1 Å². The van der Waals surface area contributed by atoms with Crippen molar-refractivity contribution in [3.05, 3.63) is 22.2 Å². The Bertz CT molecular complexity index is 617. The predicted octanol–water partition coefficient (Wildman–Crippen LogP) is 0.400. The number of aromatic nitrogens is 1. The number of anilines is 2. The SMILES string of the molecule is Nc1nc(N2CCO[C@@H](C(=O)N3CCCC3)C2)ccc1[N+](=O)[O-]. The van der Waals surface area contributed by atoms with Crippen molar-refractivity contribution in [2.45, 2.75) is 18.9 Å². The molecule has 2 aliphatic rings. The van der Waals surface area contributed by atoms with Crippen LogP contribution in [0.25, 0.3) is 0 Å². The van der Waals surface area contributed by atoms with Gasteiger partial charge in [-0.25, -0.2) is 4.98 Å². The highest BCUT2D eigenvalue weighted by atomic mass is 16.6. The van der Waals surface area contributed by atoms with Crippen molar-refractivity contribution in [2.75, 3.05) is 43.4 Å². The Morgan fingerprint density at radius 2 is 2.09 bits per heavy atom. The summed E-state index contributed by atoms with van der Waals surface area (Å²) in [6, 6.07) is 2.89. The lowest BCUT2D eigenvalue weighted by Gasteiger charge is -2.34. The van der Waals surface area contributed by atoms with Crippen LogP contribution in [0.4, 0.5) is 17.3 Å². The fourth-order valence-electron chi connectivity index (χ4n) is 2.94. The molecule has 9 heteroatoms.